The molecule has 7 nitrogen and oxygen atoms in total. The minimum Gasteiger partial charge on any atom is -0.368 e. The number of pyridine rings is 2. The molecule has 0 unspecified atom stereocenters. The molecule has 1 saturated carbocycles. The highest BCUT2D eigenvalue weighted by molar-refractivity contribution is 5.98. The lowest BCUT2D eigenvalue weighted by Crippen LogP contribution is -2.48. The number of hydrogen-bond acceptors (Lipinski definition) is 6. The Morgan fingerprint density at radius 3 is 2.59 bits per heavy atom. The van der Waals surface area contributed by atoms with E-state index in [1.807, 2.05) is 24.0 Å². The Morgan fingerprint density at radius 2 is 1.88 bits per heavy atom. The number of alkyl halides is 3. The zero-order chi connectivity index (χ0) is 23.9. The van der Waals surface area contributed by atoms with E-state index in [0.717, 1.165) is 25.1 Å². The predicted octanol–water partition coefficient (Wildman–Crippen LogP) is 4.22. The van der Waals surface area contributed by atoms with Crippen LogP contribution < -0.4 is 5.32 Å². The van der Waals surface area contributed by atoms with E-state index in [0.29, 0.717) is 53.5 Å². The molecule has 34 heavy (non-hydrogen) atoms. The number of nitrogens with one attached hydrogen (secondary N) is 1. The second-order valence-corrected chi connectivity index (χ2v) is 8.83. The summed E-state index contributed by atoms with van der Waals surface area (Å²) in [5.74, 6) is 1.63. The highest BCUT2D eigenvalue weighted by Gasteiger charge is 2.47. The molecule has 1 aliphatic carbocycles. The molecule has 3 aromatic heterocycles. The van der Waals surface area contributed by atoms with Crippen molar-refractivity contribution in [1.82, 2.24) is 24.8 Å². The van der Waals surface area contributed by atoms with Crippen molar-refractivity contribution in [3.05, 3.63) is 65.9 Å². The van der Waals surface area contributed by atoms with Crippen LogP contribution in [0.2, 0.25) is 0 Å². The van der Waals surface area contributed by atoms with Crippen molar-refractivity contribution in [3.8, 4) is 11.4 Å². The second-order valence-electron chi connectivity index (χ2n) is 8.83. The number of likely N-dealkylation sites (tertiary alicyclic amines) is 1. The molecular formula is C24H23F3N6O. The molecule has 1 saturated heterocycles. The zero-order valence-corrected chi connectivity index (χ0v) is 18.5. The first-order valence-corrected chi connectivity index (χ1v) is 11.1. The van der Waals surface area contributed by atoms with E-state index in [2.05, 4.69) is 25.3 Å². The molecule has 10 heteroatoms. The van der Waals surface area contributed by atoms with Gasteiger partial charge in [-0.3, -0.25) is 4.79 Å². The molecule has 1 N–H and O–H groups in total. The van der Waals surface area contributed by atoms with Crippen molar-refractivity contribution in [2.45, 2.75) is 32.0 Å². The van der Waals surface area contributed by atoms with Crippen molar-refractivity contribution in [2.75, 3.05) is 18.4 Å². The molecule has 3 atom stereocenters. The number of halogens is 3. The highest BCUT2D eigenvalue weighted by Crippen LogP contribution is 2.47. The number of anilines is 1. The quantitative estimate of drug-likeness (QED) is 0.604. The van der Waals surface area contributed by atoms with Crippen LogP contribution in [-0.2, 0) is 6.18 Å². The summed E-state index contributed by atoms with van der Waals surface area (Å²) in [5, 5.41) is 3.11. The maximum absolute atomic E-state index is 13.7. The molecule has 176 valence electrons. The van der Waals surface area contributed by atoms with Gasteiger partial charge in [-0.05, 0) is 61.9 Å². The molecule has 0 spiro atoms. The van der Waals surface area contributed by atoms with E-state index >= 15 is 0 Å². The minimum atomic E-state index is -4.43. The summed E-state index contributed by atoms with van der Waals surface area (Å²) >= 11 is 0. The third-order valence-electron chi connectivity index (χ3n) is 6.43. The van der Waals surface area contributed by atoms with Crippen molar-refractivity contribution in [1.29, 1.82) is 0 Å². The van der Waals surface area contributed by atoms with Gasteiger partial charge in [-0.15, -0.1) is 0 Å². The normalized spacial score (nSPS) is 21.6. The largest absolute Gasteiger partial charge is 0.417 e. The van der Waals surface area contributed by atoms with E-state index in [-0.39, 0.29) is 11.9 Å². The van der Waals surface area contributed by atoms with Gasteiger partial charge in [0.15, 0.2) is 5.82 Å². The number of carbonyl (C=O) groups excluding carboxylic acids is 1. The summed E-state index contributed by atoms with van der Waals surface area (Å²) < 4.78 is 38.4. The Hall–Kier alpha value is -3.56. The zero-order valence-electron chi connectivity index (χ0n) is 18.5. The van der Waals surface area contributed by atoms with Gasteiger partial charge in [-0.2, -0.15) is 13.2 Å². The Bertz CT molecular complexity index is 1190. The number of carbonyl (C=O) groups is 1. The average Bonchev–Trinajstić information content (AvgIpc) is 3.60. The van der Waals surface area contributed by atoms with E-state index in [4.69, 9.17) is 0 Å². The fraction of sp³-hybridized carbons (Fsp3) is 0.375. The van der Waals surface area contributed by atoms with Crippen LogP contribution in [0.25, 0.3) is 11.4 Å². The lowest BCUT2D eigenvalue weighted by Gasteiger charge is -2.36. The van der Waals surface area contributed by atoms with Gasteiger partial charge in [0.1, 0.15) is 11.5 Å². The van der Waals surface area contributed by atoms with Crippen molar-refractivity contribution >= 4 is 11.7 Å². The van der Waals surface area contributed by atoms with Crippen LogP contribution in [0.15, 0.2) is 48.9 Å². The van der Waals surface area contributed by atoms with Gasteiger partial charge in [0.2, 0.25) is 0 Å². The Morgan fingerprint density at radius 1 is 1.09 bits per heavy atom. The van der Waals surface area contributed by atoms with Crippen molar-refractivity contribution in [3.63, 3.8) is 0 Å². The van der Waals surface area contributed by atoms with Gasteiger partial charge in [-0.25, -0.2) is 19.9 Å². The Labute approximate surface area is 194 Å². The fourth-order valence-electron chi connectivity index (χ4n) is 4.51. The Kier molecular flexibility index (Phi) is 5.66. The van der Waals surface area contributed by atoms with E-state index in [1.165, 1.54) is 6.07 Å². The van der Waals surface area contributed by atoms with Crippen LogP contribution in [0.1, 0.15) is 34.6 Å². The Balaban J connectivity index is 1.37. The van der Waals surface area contributed by atoms with Crippen LogP contribution in [-0.4, -0.2) is 49.9 Å². The number of nitrogens with zero attached hydrogens (tertiary/aromatic N) is 5. The summed E-state index contributed by atoms with van der Waals surface area (Å²) in [7, 11) is 0. The standard InChI is InChI=1S/C24H23F3N6O/c1-14-3-5-19(22-28-7-2-8-29-22)21(32-14)23(34)33-13-16-9-15(16)10-18(33)12-31-20-6-4-17(11-30-20)24(25,26)27/h2-8,11,15-16,18H,9-10,12-13H2,1H3,(H,30,31)/t15-,16+,18+/m1/s1. The summed E-state index contributed by atoms with van der Waals surface area (Å²) in [6.45, 7) is 2.84. The molecular weight excluding hydrogens is 445 g/mol. The van der Waals surface area contributed by atoms with E-state index in [1.54, 1.807) is 18.5 Å². The number of fused-ring (bicyclic) bond motifs is 1. The summed E-state index contributed by atoms with van der Waals surface area (Å²) in [6.07, 6.45) is 1.53. The lowest BCUT2D eigenvalue weighted by atomic mass is 10.00. The van der Waals surface area contributed by atoms with E-state index in [9.17, 15) is 18.0 Å². The molecule has 1 aliphatic heterocycles. The van der Waals surface area contributed by atoms with Gasteiger partial charge in [0, 0.05) is 43.4 Å². The summed E-state index contributed by atoms with van der Waals surface area (Å²) in [4.78, 5) is 32.6. The number of rotatable bonds is 5. The number of hydrogen-bond donors (Lipinski definition) is 1. The summed E-state index contributed by atoms with van der Waals surface area (Å²) in [6, 6.07) is 7.52. The van der Waals surface area contributed by atoms with Crippen LogP contribution in [0.4, 0.5) is 19.0 Å². The molecule has 0 aromatic carbocycles. The lowest BCUT2D eigenvalue weighted by molar-refractivity contribution is -0.137. The third kappa shape index (κ3) is 4.57. The third-order valence-corrected chi connectivity index (χ3v) is 6.43. The maximum atomic E-state index is 13.7. The van der Waals surface area contributed by atoms with E-state index < -0.39 is 11.7 Å². The van der Waals surface area contributed by atoms with Gasteiger partial charge in [0.25, 0.3) is 5.91 Å². The van der Waals surface area contributed by atoms with Gasteiger partial charge >= 0.3 is 6.18 Å². The SMILES string of the molecule is Cc1ccc(-c2ncccn2)c(C(=O)N2C[C@@H]3C[C@@H]3C[C@H]2CNc2ccc(C(F)(F)F)cn2)n1. The maximum Gasteiger partial charge on any atom is 0.417 e. The first-order chi connectivity index (χ1) is 16.3. The first kappa shape index (κ1) is 22.2. The molecule has 2 fully saturated rings. The van der Waals surface area contributed by atoms with Gasteiger partial charge in [-0.1, -0.05) is 0 Å². The minimum absolute atomic E-state index is 0.132. The van der Waals surface area contributed by atoms with Crippen molar-refractivity contribution in [2.24, 2.45) is 11.8 Å². The highest BCUT2D eigenvalue weighted by atomic mass is 19.4. The molecule has 3 aromatic rings. The number of amides is 1. The molecule has 0 bridgehead atoms. The number of piperidine rings is 1. The van der Waals surface area contributed by atoms with Crippen LogP contribution in [0.5, 0.6) is 0 Å². The van der Waals surface area contributed by atoms with Crippen LogP contribution >= 0.6 is 0 Å². The number of aryl methyl sites for hydroxylation is 1. The molecule has 4 heterocycles. The fourth-order valence-corrected chi connectivity index (χ4v) is 4.51. The summed E-state index contributed by atoms with van der Waals surface area (Å²) in [5.41, 5.74) is 0.802. The molecule has 5 rings (SSSR count). The van der Waals surface area contributed by atoms with Crippen molar-refractivity contribution < 1.29 is 18.0 Å². The van der Waals surface area contributed by atoms with Gasteiger partial charge in [0.05, 0.1) is 11.1 Å². The predicted molar refractivity (Wildman–Crippen MR) is 119 cm³/mol. The smallest absolute Gasteiger partial charge is 0.368 e. The van der Waals surface area contributed by atoms with Gasteiger partial charge < -0.3 is 10.2 Å². The first-order valence-electron chi connectivity index (χ1n) is 11.1. The molecule has 2 aliphatic rings. The average molecular weight is 468 g/mol. The number of aromatic nitrogens is 4. The second kappa shape index (κ2) is 8.66. The molecule has 1 amide bonds. The van der Waals surface area contributed by atoms with Crippen LogP contribution in [0.3, 0.4) is 0 Å². The molecule has 0 radical (unpaired) electrons. The topological polar surface area (TPSA) is 83.9 Å². The van der Waals surface area contributed by atoms with Crippen LogP contribution in [0, 0.1) is 18.8 Å². The monoisotopic (exact) mass is 468 g/mol.